The number of halogens is 1. The number of nitrogens with one attached hydrogen (secondary N) is 1. The first-order valence-electron chi connectivity index (χ1n) is 8.06. The Kier molecular flexibility index (Phi) is 5.24. The zero-order chi connectivity index (χ0) is 19.6. The van der Waals surface area contributed by atoms with Gasteiger partial charge in [0.15, 0.2) is 5.82 Å². The number of piperazine rings is 1. The molecule has 11 heteroatoms. The maximum Gasteiger partial charge on any atom is 0.315 e. The molecule has 27 heavy (non-hydrogen) atoms. The first-order valence-corrected chi connectivity index (χ1v) is 9.50. The van der Waals surface area contributed by atoms with Crippen LogP contribution in [0.4, 0.5) is 10.2 Å². The molecule has 2 aromatic rings. The van der Waals surface area contributed by atoms with E-state index in [1.54, 1.807) is 6.92 Å². The van der Waals surface area contributed by atoms with Gasteiger partial charge >= 0.3 is 11.8 Å². The lowest BCUT2D eigenvalue weighted by atomic mass is 10.3. The first-order chi connectivity index (χ1) is 12.8. The van der Waals surface area contributed by atoms with Crippen molar-refractivity contribution in [3.05, 3.63) is 41.9 Å². The van der Waals surface area contributed by atoms with Gasteiger partial charge in [0.2, 0.25) is 10.0 Å². The number of carbonyl (C=O) groups excluding carboxylic acids is 2. The third-order valence-corrected chi connectivity index (χ3v) is 5.92. The highest BCUT2D eigenvalue weighted by atomic mass is 32.2. The summed E-state index contributed by atoms with van der Waals surface area (Å²) in [6.07, 6.45) is 0. The lowest BCUT2D eigenvalue weighted by molar-refractivity contribution is -0.143. The number of aromatic nitrogens is 1. The van der Waals surface area contributed by atoms with E-state index < -0.39 is 27.7 Å². The molecule has 1 aliphatic rings. The van der Waals surface area contributed by atoms with E-state index in [9.17, 15) is 22.4 Å². The Labute approximate surface area is 154 Å². The van der Waals surface area contributed by atoms with Crippen LogP contribution in [0.2, 0.25) is 0 Å². The van der Waals surface area contributed by atoms with E-state index >= 15 is 0 Å². The third kappa shape index (κ3) is 4.14. The van der Waals surface area contributed by atoms with E-state index in [0.29, 0.717) is 5.76 Å². The molecule has 0 aliphatic carbocycles. The molecule has 0 unspecified atom stereocenters. The van der Waals surface area contributed by atoms with Crippen molar-refractivity contribution in [1.82, 2.24) is 14.4 Å². The van der Waals surface area contributed by atoms with Crippen LogP contribution in [0.25, 0.3) is 0 Å². The van der Waals surface area contributed by atoms with Crippen LogP contribution in [-0.2, 0) is 19.6 Å². The fraction of sp³-hybridized carbons (Fsp3) is 0.312. The van der Waals surface area contributed by atoms with Gasteiger partial charge in [0.25, 0.3) is 0 Å². The highest BCUT2D eigenvalue weighted by Gasteiger charge is 2.32. The Hall–Kier alpha value is -2.79. The van der Waals surface area contributed by atoms with Gasteiger partial charge in [0, 0.05) is 32.2 Å². The second-order valence-electron chi connectivity index (χ2n) is 5.93. The molecule has 1 saturated heterocycles. The highest BCUT2D eigenvalue weighted by molar-refractivity contribution is 7.89. The van der Waals surface area contributed by atoms with Crippen molar-refractivity contribution in [3.63, 3.8) is 0 Å². The van der Waals surface area contributed by atoms with Crippen LogP contribution in [0.3, 0.4) is 0 Å². The topological polar surface area (TPSA) is 113 Å². The molecule has 9 nitrogen and oxygen atoms in total. The molecule has 144 valence electrons. The van der Waals surface area contributed by atoms with E-state index in [1.165, 1.54) is 23.1 Å². The minimum atomic E-state index is -3.87. The van der Waals surface area contributed by atoms with Crippen LogP contribution >= 0.6 is 0 Å². The molecule has 1 aromatic carbocycles. The molecule has 0 saturated carbocycles. The fourth-order valence-electron chi connectivity index (χ4n) is 2.65. The Morgan fingerprint density at radius 3 is 2.48 bits per heavy atom. The molecule has 1 fully saturated rings. The summed E-state index contributed by atoms with van der Waals surface area (Å²) in [6, 6.07) is 6.20. The standard InChI is InChI=1S/C16H17FN4O5S/c1-11-9-14(19-26-11)18-15(22)16(23)20-5-7-21(8-6-20)27(24,25)13-4-2-3-12(17)10-13/h2-4,9-10H,5-8H2,1H3,(H,18,19,22). The summed E-state index contributed by atoms with van der Waals surface area (Å²) in [5.41, 5.74) is 0. The minimum absolute atomic E-state index is 0.000928. The molecule has 2 amide bonds. The van der Waals surface area contributed by atoms with Crippen LogP contribution in [0, 0.1) is 12.7 Å². The van der Waals surface area contributed by atoms with Crippen molar-refractivity contribution >= 4 is 27.7 Å². The molecule has 0 spiro atoms. The number of hydrogen-bond acceptors (Lipinski definition) is 6. The van der Waals surface area contributed by atoms with E-state index in [0.717, 1.165) is 16.4 Å². The zero-order valence-corrected chi connectivity index (χ0v) is 15.2. The van der Waals surface area contributed by atoms with Crippen molar-refractivity contribution in [2.45, 2.75) is 11.8 Å². The molecule has 2 heterocycles. The summed E-state index contributed by atoms with van der Waals surface area (Å²) in [4.78, 5) is 25.3. The highest BCUT2D eigenvalue weighted by Crippen LogP contribution is 2.18. The smallest absolute Gasteiger partial charge is 0.315 e. The third-order valence-electron chi connectivity index (χ3n) is 4.02. The average molecular weight is 396 g/mol. The second kappa shape index (κ2) is 7.45. The molecule has 1 N–H and O–H groups in total. The number of benzene rings is 1. The van der Waals surface area contributed by atoms with Gasteiger partial charge in [0.1, 0.15) is 11.6 Å². The van der Waals surface area contributed by atoms with Crippen molar-refractivity contribution in [1.29, 1.82) is 0 Å². The number of carbonyl (C=O) groups is 2. The van der Waals surface area contributed by atoms with Gasteiger partial charge in [-0.1, -0.05) is 11.2 Å². The maximum absolute atomic E-state index is 13.3. The van der Waals surface area contributed by atoms with E-state index in [2.05, 4.69) is 10.5 Å². The summed E-state index contributed by atoms with van der Waals surface area (Å²) in [7, 11) is -3.87. The van der Waals surface area contributed by atoms with Crippen molar-refractivity contribution in [2.75, 3.05) is 31.5 Å². The molecular weight excluding hydrogens is 379 g/mol. The van der Waals surface area contributed by atoms with Crippen molar-refractivity contribution in [2.24, 2.45) is 0 Å². The summed E-state index contributed by atoms with van der Waals surface area (Å²) in [5, 5.41) is 5.90. The van der Waals surface area contributed by atoms with Crippen molar-refractivity contribution in [3.8, 4) is 0 Å². The summed E-state index contributed by atoms with van der Waals surface area (Å²) < 4.78 is 44.4. The minimum Gasteiger partial charge on any atom is -0.360 e. The van der Waals surface area contributed by atoms with Crippen LogP contribution in [-0.4, -0.2) is 60.8 Å². The summed E-state index contributed by atoms with van der Waals surface area (Å²) >= 11 is 0. The van der Waals surface area contributed by atoms with E-state index in [4.69, 9.17) is 4.52 Å². The summed E-state index contributed by atoms with van der Waals surface area (Å²) in [6.45, 7) is 1.72. The fourth-order valence-corrected chi connectivity index (χ4v) is 4.10. The summed E-state index contributed by atoms with van der Waals surface area (Å²) in [5.74, 6) is -1.72. The van der Waals surface area contributed by atoms with E-state index in [-0.39, 0.29) is 36.9 Å². The monoisotopic (exact) mass is 396 g/mol. The number of sulfonamides is 1. The van der Waals surface area contributed by atoms with Crippen LogP contribution in [0.1, 0.15) is 5.76 Å². The normalized spacial score (nSPS) is 15.6. The Morgan fingerprint density at radius 1 is 1.19 bits per heavy atom. The van der Waals surface area contributed by atoms with Gasteiger partial charge in [-0.2, -0.15) is 4.31 Å². The number of rotatable bonds is 3. The average Bonchev–Trinajstić information content (AvgIpc) is 3.06. The van der Waals surface area contributed by atoms with Gasteiger partial charge in [-0.25, -0.2) is 12.8 Å². The quantitative estimate of drug-likeness (QED) is 0.760. The van der Waals surface area contributed by atoms with E-state index in [1.807, 2.05) is 0 Å². The van der Waals surface area contributed by atoms with Gasteiger partial charge in [0.05, 0.1) is 4.90 Å². The predicted molar refractivity (Wildman–Crippen MR) is 91.6 cm³/mol. The molecule has 1 aromatic heterocycles. The Morgan fingerprint density at radius 2 is 1.89 bits per heavy atom. The Bertz CT molecular complexity index is 967. The zero-order valence-electron chi connectivity index (χ0n) is 14.4. The van der Waals surface area contributed by atoms with Crippen LogP contribution in [0.5, 0.6) is 0 Å². The van der Waals surface area contributed by atoms with Crippen LogP contribution in [0.15, 0.2) is 39.8 Å². The Balaban J connectivity index is 1.61. The van der Waals surface area contributed by atoms with Gasteiger partial charge < -0.3 is 9.42 Å². The molecule has 0 radical (unpaired) electrons. The number of hydrogen-bond donors (Lipinski definition) is 1. The molecular formula is C16H17FN4O5S. The number of nitrogens with zero attached hydrogens (tertiary/aromatic N) is 3. The predicted octanol–water partition coefficient (Wildman–Crippen LogP) is 0.594. The molecule has 1 aliphatic heterocycles. The lowest BCUT2D eigenvalue weighted by Crippen LogP contribution is -2.52. The molecule has 3 rings (SSSR count). The lowest BCUT2D eigenvalue weighted by Gasteiger charge is -2.33. The molecule has 0 atom stereocenters. The number of anilines is 1. The number of aryl methyl sites for hydroxylation is 1. The second-order valence-corrected chi connectivity index (χ2v) is 7.87. The SMILES string of the molecule is Cc1cc(NC(=O)C(=O)N2CCN(S(=O)(=O)c3cccc(F)c3)CC2)no1. The largest absolute Gasteiger partial charge is 0.360 e. The van der Waals surface area contributed by atoms with Crippen LogP contribution < -0.4 is 5.32 Å². The van der Waals surface area contributed by atoms with Gasteiger partial charge in [-0.15, -0.1) is 0 Å². The van der Waals surface area contributed by atoms with Crippen molar-refractivity contribution < 1.29 is 26.9 Å². The van der Waals surface area contributed by atoms with Gasteiger partial charge in [-0.3, -0.25) is 14.9 Å². The number of amides is 2. The van der Waals surface area contributed by atoms with Gasteiger partial charge in [-0.05, 0) is 25.1 Å². The molecule has 0 bridgehead atoms. The first kappa shape index (κ1) is 19.0. The maximum atomic E-state index is 13.3.